The molecule has 7 rings (SSSR count). The number of aliphatic hydroxyl groups is 1. The van der Waals surface area contributed by atoms with Crippen LogP contribution in [0.1, 0.15) is 18.7 Å². The minimum absolute atomic E-state index is 0.0207. The van der Waals surface area contributed by atoms with Crippen molar-refractivity contribution in [2.24, 2.45) is 5.92 Å². The Morgan fingerprint density at radius 3 is 2.42 bits per heavy atom. The summed E-state index contributed by atoms with van der Waals surface area (Å²) in [5.74, 6) is -1.19. The number of hydrogen-bond donors (Lipinski definition) is 6. The molecule has 6 heterocycles. The van der Waals surface area contributed by atoms with Crippen LogP contribution in [-0.4, -0.2) is 97.7 Å². The summed E-state index contributed by atoms with van der Waals surface area (Å²) in [6.07, 6.45) is -6.78. The number of aromatic amines is 1. The lowest BCUT2D eigenvalue weighted by atomic mass is 10.1. The van der Waals surface area contributed by atoms with E-state index in [1.54, 1.807) is 0 Å². The first-order chi connectivity index (χ1) is 21.3. The molecule has 4 aromatic heterocycles. The molecule has 0 aromatic carbocycles. The van der Waals surface area contributed by atoms with E-state index < -0.39 is 83.2 Å². The van der Waals surface area contributed by atoms with Crippen LogP contribution in [-0.2, 0) is 32.0 Å². The highest BCUT2D eigenvalue weighted by Gasteiger charge is 2.54. The number of nitrogens with one attached hydrogen (secondary N) is 1. The van der Waals surface area contributed by atoms with Crippen LogP contribution in [0.5, 0.6) is 0 Å². The number of anilines is 2. The smallest absolute Gasteiger partial charge is 0.388 e. The van der Waals surface area contributed by atoms with Crippen molar-refractivity contribution in [2.75, 3.05) is 24.7 Å². The average molecular weight is 674 g/mol. The Balaban J connectivity index is 1.17. The zero-order valence-corrected chi connectivity index (χ0v) is 24.4. The minimum Gasteiger partial charge on any atom is -0.388 e. The normalized spacial score (nSPS) is 37.7. The summed E-state index contributed by atoms with van der Waals surface area (Å²) < 4.78 is 71.1. The van der Waals surface area contributed by atoms with Crippen LogP contribution in [0.3, 0.4) is 0 Å². The molecule has 0 bridgehead atoms. The summed E-state index contributed by atoms with van der Waals surface area (Å²) in [6.45, 7) is -1.51. The van der Waals surface area contributed by atoms with Crippen molar-refractivity contribution >= 4 is 49.7 Å². The van der Waals surface area contributed by atoms with Gasteiger partial charge in [0.25, 0.3) is 5.56 Å². The number of rotatable bonds is 2. The summed E-state index contributed by atoms with van der Waals surface area (Å²) in [7, 11) is -10.1. The van der Waals surface area contributed by atoms with Gasteiger partial charge in [0.2, 0.25) is 5.95 Å². The van der Waals surface area contributed by atoms with Gasteiger partial charge in [-0.2, -0.15) is 4.98 Å². The molecule has 0 amide bonds. The molecule has 21 nitrogen and oxygen atoms in total. The maximum absolute atomic E-state index is 15.9. The predicted octanol–water partition coefficient (Wildman–Crippen LogP) is -0.701. The number of ether oxygens (including phenoxy) is 1. The third-order valence-corrected chi connectivity index (χ3v) is 9.81. The van der Waals surface area contributed by atoms with Crippen LogP contribution in [0, 0.1) is 5.92 Å². The Bertz CT molecular complexity index is 1940. The third kappa shape index (κ3) is 5.31. The number of halogens is 1. The number of phosphoric ester groups is 2. The second-order valence-corrected chi connectivity index (χ2v) is 13.4. The number of aliphatic hydroxyl groups excluding tert-OH is 1. The fourth-order valence-corrected chi connectivity index (χ4v) is 7.82. The monoisotopic (exact) mass is 674 g/mol. The Morgan fingerprint density at radius 2 is 1.64 bits per heavy atom. The van der Waals surface area contributed by atoms with Gasteiger partial charge in [0.15, 0.2) is 35.0 Å². The van der Waals surface area contributed by atoms with Crippen LogP contribution in [0.2, 0.25) is 0 Å². The molecule has 3 fully saturated rings. The number of nitrogen functional groups attached to an aromatic ring is 2. The fraction of sp³-hybridized carbons (Fsp3) is 0.524. The Labute approximate surface area is 249 Å². The SMILES string of the molecule is Nc1nc2c(ncn2C2OC3COP(=O)(O)OC4C(COP(=O)(O)OC3C2F)CC(n2cnc3c(N)ncnc32)C4O)c(=O)[nH]1. The van der Waals surface area contributed by atoms with E-state index in [2.05, 4.69) is 29.9 Å². The predicted molar refractivity (Wildman–Crippen MR) is 146 cm³/mol. The van der Waals surface area contributed by atoms with Gasteiger partial charge < -0.3 is 35.7 Å². The first kappa shape index (κ1) is 30.2. The van der Waals surface area contributed by atoms with Crippen LogP contribution < -0.4 is 17.0 Å². The highest BCUT2D eigenvalue weighted by atomic mass is 31.2. The Kier molecular flexibility index (Phi) is 7.28. The molecule has 1 aliphatic carbocycles. The number of alkyl halides is 1. The standard InChI is InChI=1S/C21H25FN10O11P2/c22-10-15-9(41-20(10)32-6-28-12-18(32)29-21(24)30-19(12)34)3-40-45(37,38)42-14-7(2-39-44(35,36)43-15)1-8(13(14)33)31-5-27-11-16(23)25-4-26-17(11)31/h4-10,13-15,20,33H,1-3H2,(H,35,36)(H,37,38)(H2,23,25,26)(H3,24,29,30,34). The van der Waals surface area contributed by atoms with E-state index in [1.165, 1.54) is 17.2 Å². The molecule has 24 heteroatoms. The molecule has 1 saturated carbocycles. The Morgan fingerprint density at radius 1 is 0.956 bits per heavy atom. The van der Waals surface area contributed by atoms with E-state index in [1.807, 2.05) is 0 Å². The molecule has 10 atom stereocenters. The maximum atomic E-state index is 15.9. The molecular formula is C21H25FN10O11P2. The van der Waals surface area contributed by atoms with Crippen molar-refractivity contribution in [2.45, 2.75) is 49.3 Å². The minimum atomic E-state index is -5.06. The van der Waals surface area contributed by atoms with Gasteiger partial charge in [0, 0.05) is 5.92 Å². The highest BCUT2D eigenvalue weighted by Crippen LogP contribution is 2.55. The first-order valence-corrected chi connectivity index (χ1v) is 16.3. The van der Waals surface area contributed by atoms with Gasteiger partial charge in [0.1, 0.15) is 36.3 Å². The lowest BCUT2D eigenvalue weighted by Crippen LogP contribution is -2.36. The van der Waals surface area contributed by atoms with E-state index in [4.69, 9.17) is 34.3 Å². The average Bonchev–Trinajstić information content (AvgIpc) is 3.72. The number of nitrogens with two attached hydrogens (primary N) is 2. The van der Waals surface area contributed by atoms with Gasteiger partial charge in [-0.25, -0.2) is 33.5 Å². The van der Waals surface area contributed by atoms with Crippen LogP contribution in [0.4, 0.5) is 16.2 Å². The molecule has 2 saturated heterocycles. The lowest BCUT2D eigenvalue weighted by Gasteiger charge is -2.28. The van der Waals surface area contributed by atoms with Crippen molar-refractivity contribution in [1.82, 2.24) is 39.0 Å². The lowest BCUT2D eigenvalue weighted by molar-refractivity contribution is -0.0592. The summed E-state index contributed by atoms with van der Waals surface area (Å²) >= 11 is 0. The quantitative estimate of drug-likeness (QED) is 0.143. The van der Waals surface area contributed by atoms with Crippen molar-refractivity contribution < 1.29 is 51.2 Å². The molecule has 8 N–H and O–H groups in total. The zero-order valence-electron chi connectivity index (χ0n) is 22.6. The van der Waals surface area contributed by atoms with E-state index in [0.29, 0.717) is 0 Å². The van der Waals surface area contributed by atoms with Gasteiger partial charge in [-0.3, -0.25) is 32.4 Å². The number of phosphoric acid groups is 2. The van der Waals surface area contributed by atoms with Crippen molar-refractivity contribution in [3.8, 4) is 0 Å². The zero-order chi connectivity index (χ0) is 31.8. The largest absolute Gasteiger partial charge is 0.472 e. The molecule has 3 aliphatic rings. The van der Waals surface area contributed by atoms with E-state index in [-0.39, 0.29) is 40.5 Å². The molecule has 2 aliphatic heterocycles. The highest BCUT2D eigenvalue weighted by molar-refractivity contribution is 7.47. The van der Waals surface area contributed by atoms with Gasteiger partial charge >= 0.3 is 15.6 Å². The molecule has 242 valence electrons. The van der Waals surface area contributed by atoms with Crippen molar-refractivity contribution in [3.05, 3.63) is 29.3 Å². The first-order valence-electron chi connectivity index (χ1n) is 13.3. The van der Waals surface area contributed by atoms with Crippen LogP contribution >= 0.6 is 15.6 Å². The molecular weight excluding hydrogens is 649 g/mol. The summed E-state index contributed by atoms with van der Waals surface area (Å²) in [6, 6.07) is -0.870. The maximum Gasteiger partial charge on any atom is 0.472 e. The Hall–Kier alpha value is -3.43. The molecule has 45 heavy (non-hydrogen) atoms. The van der Waals surface area contributed by atoms with Gasteiger partial charge in [-0.05, 0) is 6.42 Å². The number of nitrogens with zero attached hydrogens (tertiary/aromatic N) is 7. The second kappa shape index (κ2) is 10.8. The third-order valence-electron chi connectivity index (χ3n) is 7.84. The number of hydrogen-bond acceptors (Lipinski definition) is 16. The van der Waals surface area contributed by atoms with Gasteiger partial charge in [-0.15, -0.1) is 0 Å². The van der Waals surface area contributed by atoms with Crippen molar-refractivity contribution in [3.63, 3.8) is 0 Å². The second-order valence-electron chi connectivity index (χ2n) is 10.6. The number of imidazole rings is 2. The van der Waals surface area contributed by atoms with Gasteiger partial charge in [-0.1, -0.05) is 0 Å². The van der Waals surface area contributed by atoms with E-state index in [0.717, 1.165) is 10.9 Å². The molecule has 0 spiro atoms. The summed E-state index contributed by atoms with van der Waals surface area (Å²) in [4.78, 5) is 55.7. The van der Waals surface area contributed by atoms with E-state index >= 15 is 4.39 Å². The van der Waals surface area contributed by atoms with E-state index in [9.17, 15) is 28.8 Å². The topological polar surface area (TPSA) is 300 Å². The summed E-state index contributed by atoms with van der Waals surface area (Å²) in [5.41, 5.74) is 10.9. The molecule has 4 aromatic rings. The van der Waals surface area contributed by atoms with Crippen LogP contribution in [0.15, 0.2) is 23.8 Å². The number of fused-ring (bicyclic) bond motifs is 4. The van der Waals surface area contributed by atoms with Crippen LogP contribution in [0.25, 0.3) is 22.3 Å². The summed E-state index contributed by atoms with van der Waals surface area (Å²) in [5, 5.41) is 11.2. The molecule has 10 unspecified atom stereocenters. The number of aromatic nitrogens is 8. The fourth-order valence-electron chi connectivity index (χ4n) is 5.82. The van der Waals surface area contributed by atoms with Crippen molar-refractivity contribution in [1.29, 1.82) is 0 Å². The van der Waals surface area contributed by atoms with Gasteiger partial charge in [0.05, 0.1) is 31.9 Å². The number of H-pyrrole nitrogens is 1. The molecule has 0 radical (unpaired) electrons.